The zero-order valence-corrected chi connectivity index (χ0v) is 14.2. The Bertz CT molecular complexity index is 1290. The lowest BCUT2D eigenvalue weighted by molar-refractivity contribution is -0.141. The molecule has 3 aromatic heterocycles. The van der Waals surface area contributed by atoms with Crippen LogP contribution in [-0.2, 0) is 6.18 Å². The highest BCUT2D eigenvalue weighted by Crippen LogP contribution is 2.31. The molecule has 0 atom stereocenters. The van der Waals surface area contributed by atoms with Gasteiger partial charge in [-0.2, -0.15) is 22.9 Å². The fourth-order valence-electron chi connectivity index (χ4n) is 2.64. The maximum Gasteiger partial charge on any atom is 0.433 e. The molecule has 1 aromatic carbocycles. The van der Waals surface area contributed by atoms with E-state index < -0.39 is 23.2 Å². The van der Waals surface area contributed by atoms with Gasteiger partial charge in [0.2, 0.25) is 11.3 Å². The first-order chi connectivity index (χ1) is 13.2. The summed E-state index contributed by atoms with van der Waals surface area (Å²) in [5.41, 5.74) is -1.79. The van der Waals surface area contributed by atoms with Gasteiger partial charge >= 0.3 is 11.7 Å². The molecule has 0 radical (unpaired) electrons. The minimum absolute atomic E-state index is 0.104. The number of benzene rings is 1. The van der Waals surface area contributed by atoms with Crippen LogP contribution in [0.4, 0.5) is 17.6 Å². The van der Waals surface area contributed by atoms with Crippen molar-refractivity contribution in [2.75, 3.05) is 0 Å². The molecule has 0 N–H and O–H groups in total. The van der Waals surface area contributed by atoms with Gasteiger partial charge in [0.1, 0.15) is 22.9 Å². The fraction of sp³-hybridized carbons (Fsp3) is 0.111. The Kier molecular flexibility index (Phi) is 3.98. The molecule has 0 saturated carbocycles. The number of hydrogen-bond donors (Lipinski definition) is 0. The van der Waals surface area contributed by atoms with Crippen molar-refractivity contribution >= 4 is 28.4 Å². The van der Waals surface area contributed by atoms with Gasteiger partial charge in [0, 0.05) is 0 Å². The molecule has 4 rings (SSSR count). The Morgan fingerprint density at radius 3 is 2.50 bits per heavy atom. The summed E-state index contributed by atoms with van der Waals surface area (Å²) in [5, 5.41) is 4.21. The van der Waals surface area contributed by atoms with Gasteiger partial charge in [-0.1, -0.05) is 12.1 Å². The second-order valence-corrected chi connectivity index (χ2v) is 5.90. The second-order valence-electron chi connectivity index (χ2n) is 5.90. The summed E-state index contributed by atoms with van der Waals surface area (Å²) in [5.74, 6) is -0.222. The van der Waals surface area contributed by atoms with Crippen LogP contribution < -0.4 is 5.56 Å². The van der Waals surface area contributed by atoms with Crippen LogP contribution in [0.1, 0.15) is 17.1 Å². The third-order valence-corrected chi connectivity index (χ3v) is 3.98. The summed E-state index contributed by atoms with van der Waals surface area (Å²) < 4.78 is 57.7. The van der Waals surface area contributed by atoms with E-state index in [0.29, 0.717) is 5.56 Å². The van der Waals surface area contributed by atoms with Crippen molar-refractivity contribution in [2.45, 2.75) is 13.1 Å². The molecule has 0 aliphatic rings. The van der Waals surface area contributed by atoms with Gasteiger partial charge in [-0.15, -0.1) is 0 Å². The number of halogens is 4. The normalized spacial score (nSPS) is 12.5. The third-order valence-electron chi connectivity index (χ3n) is 3.98. The van der Waals surface area contributed by atoms with E-state index in [1.54, 1.807) is 0 Å². The minimum Gasteiger partial charge on any atom is -0.430 e. The first-order valence-corrected chi connectivity index (χ1v) is 7.94. The first-order valence-electron chi connectivity index (χ1n) is 7.94. The molecule has 0 bridgehead atoms. The number of furan rings is 1. The summed E-state index contributed by atoms with van der Waals surface area (Å²) in [4.78, 5) is 20.3. The van der Waals surface area contributed by atoms with E-state index in [9.17, 15) is 22.4 Å². The number of rotatable bonds is 2. The second kappa shape index (κ2) is 6.25. The Morgan fingerprint density at radius 2 is 1.82 bits per heavy atom. The molecule has 0 spiro atoms. The molecular formula is C18H10F4N4O2. The van der Waals surface area contributed by atoms with E-state index in [-0.39, 0.29) is 28.0 Å². The fourth-order valence-corrected chi connectivity index (χ4v) is 2.64. The van der Waals surface area contributed by atoms with Gasteiger partial charge in [0.25, 0.3) is 0 Å². The van der Waals surface area contributed by atoms with E-state index in [1.807, 2.05) is 0 Å². The number of alkyl halides is 3. The summed E-state index contributed by atoms with van der Waals surface area (Å²) in [6.45, 7) is 1.51. The van der Waals surface area contributed by atoms with Crippen molar-refractivity contribution in [2.24, 2.45) is 5.10 Å². The zero-order chi connectivity index (χ0) is 20.1. The predicted octanol–water partition coefficient (Wildman–Crippen LogP) is 3.89. The highest BCUT2D eigenvalue weighted by atomic mass is 19.4. The van der Waals surface area contributed by atoms with Crippen LogP contribution in [0.15, 0.2) is 50.7 Å². The zero-order valence-electron chi connectivity index (χ0n) is 14.2. The number of aryl methyl sites for hydroxylation is 1. The van der Waals surface area contributed by atoms with Gasteiger partial charge in [-0.25, -0.2) is 14.4 Å². The third kappa shape index (κ3) is 3.02. The molecule has 4 aromatic rings. The van der Waals surface area contributed by atoms with E-state index in [1.165, 1.54) is 37.4 Å². The van der Waals surface area contributed by atoms with Crippen LogP contribution in [0, 0.1) is 12.7 Å². The lowest BCUT2D eigenvalue weighted by Crippen LogP contribution is -2.20. The van der Waals surface area contributed by atoms with Crippen LogP contribution in [-0.4, -0.2) is 20.9 Å². The highest BCUT2D eigenvalue weighted by Gasteiger charge is 2.33. The lowest BCUT2D eigenvalue weighted by atomic mass is 10.2. The number of nitrogens with zero attached hydrogens (tertiary/aromatic N) is 4. The molecule has 3 heterocycles. The largest absolute Gasteiger partial charge is 0.433 e. The average Bonchev–Trinajstić information content (AvgIpc) is 3.00. The van der Waals surface area contributed by atoms with Crippen molar-refractivity contribution in [1.82, 2.24) is 14.6 Å². The van der Waals surface area contributed by atoms with E-state index in [2.05, 4.69) is 15.1 Å². The molecule has 0 aliphatic heterocycles. The smallest absolute Gasteiger partial charge is 0.430 e. The molecule has 0 saturated heterocycles. The molecular weight excluding hydrogens is 380 g/mol. The van der Waals surface area contributed by atoms with E-state index in [4.69, 9.17) is 4.42 Å². The first kappa shape index (κ1) is 17.8. The quantitative estimate of drug-likeness (QED) is 0.385. The molecule has 0 aliphatic carbocycles. The van der Waals surface area contributed by atoms with Gasteiger partial charge in [0.05, 0.1) is 11.6 Å². The predicted molar refractivity (Wildman–Crippen MR) is 92.7 cm³/mol. The molecule has 10 heteroatoms. The van der Waals surface area contributed by atoms with Crippen LogP contribution in [0.5, 0.6) is 0 Å². The van der Waals surface area contributed by atoms with Crippen LogP contribution >= 0.6 is 0 Å². The topological polar surface area (TPSA) is 73.3 Å². The summed E-state index contributed by atoms with van der Waals surface area (Å²) in [7, 11) is 0. The van der Waals surface area contributed by atoms with Crippen molar-refractivity contribution < 1.29 is 22.0 Å². The summed E-state index contributed by atoms with van der Waals surface area (Å²) >= 11 is 0. The van der Waals surface area contributed by atoms with Crippen molar-refractivity contribution in [3.8, 4) is 0 Å². The standard InChI is InChI=1S/C18H10F4N4O2/c1-9-24-14-12-6-7-13(18(20,21)22)25-16(12)28-15(14)17(27)26(9)23-8-10-2-4-11(19)5-3-10/h2-8H,1H3/b23-8+. The number of fused-ring (bicyclic) bond motifs is 3. The molecule has 0 unspecified atom stereocenters. The van der Waals surface area contributed by atoms with Gasteiger partial charge < -0.3 is 4.42 Å². The number of aromatic nitrogens is 3. The molecule has 142 valence electrons. The minimum atomic E-state index is -4.64. The Morgan fingerprint density at radius 1 is 1.11 bits per heavy atom. The van der Waals surface area contributed by atoms with Crippen molar-refractivity contribution in [3.63, 3.8) is 0 Å². The maximum atomic E-state index is 13.0. The van der Waals surface area contributed by atoms with Gasteiger partial charge in [-0.05, 0) is 36.8 Å². The van der Waals surface area contributed by atoms with Crippen LogP contribution in [0.2, 0.25) is 0 Å². The van der Waals surface area contributed by atoms with Gasteiger partial charge in [0.15, 0.2) is 0 Å². The van der Waals surface area contributed by atoms with Crippen molar-refractivity contribution in [1.29, 1.82) is 0 Å². The molecule has 0 amide bonds. The lowest BCUT2D eigenvalue weighted by Gasteiger charge is -2.03. The summed E-state index contributed by atoms with van der Waals surface area (Å²) in [6, 6.07) is 7.37. The maximum absolute atomic E-state index is 13.0. The van der Waals surface area contributed by atoms with Crippen LogP contribution in [0.3, 0.4) is 0 Å². The number of pyridine rings is 1. The Hall–Kier alpha value is -3.56. The van der Waals surface area contributed by atoms with E-state index in [0.717, 1.165) is 16.8 Å². The SMILES string of the molecule is Cc1nc2c(oc3nc(C(F)(F)F)ccc32)c(=O)n1/N=C/c1ccc(F)cc1. The number of hydrogen-bond acceptors (Lipinski definition) is 5. The molecule has 0 fully saturated rings. The molecule has 6 nitrogen and oxygen atoms in total. The highest BCUT2D eigenvalue weighted by molar-refractivity contribution is 6.00. The monoisotopic (exact) mass is 390 g/mol. The van der Waals surface area contributed by atoms with E-state index >= 15 is 0 Å². The van der Waals surface area contributed by atoms with Crippen LogP contribution in [0.25, 0.3) is 22.2 Å². The summed E-state index contributed by atoms with van der Waals surface area (Å²) in [6.07, 6.45) is -3.32. The Balaban J connectivity index is 1.86. The van der Waals surface area contributed by atoms with Crippen molar-refractivity contribution in [3.05, 3.63) is 69.7 Å². The molecule has 28 heavy (non-hydrogen) atoms. The average molecular weight is 390 g/mol. The van der Waals surface area contributed by atoms with Gasteiger partial charge in [-0.3, -0.25) is 4.79 Å². The Labute approximate surface area is 153 Å².